The Morgan fingerprint density at radius 1 is 1.50 bits per heavy atom. The molecule has 0 aliphatic carbocycles. The molecule has 0 spiro atoms. The maximum absolute atomic E-state index is 11.5. The standard InChI is InChI=1S/C11H20N2O2S/c1-4-5-10(8-12)11(14)13-7-6-9(2)16(3)15/h9-10H,4-7H2,1-3H3,(H,13,14). The van der Waals surface area contributed by atoms with Crippen molar-refractivity contribution in [1.29, 1.82) is 5.26 Å². The maximum Gasteiger partial charge on any atom is 0.237 e. The number of hydrogen-bond acceptors (Lipinski definition) is 3. The minimum Gasteiger partial charge on any atom is -0.355 e. The number of nitriles is 1. The van der Waals surface area contributed by atoms with Crippen LogP contribution in [0.4, 0.5) is 0 Å². The highest BCUT2D eigenvalue weighted by Gasteiger charge is 2.16. The van der Waals surface area contributed by atoms with Crippen LogP contribution in [-0.2, 0) is 15.6 Å². The maximum atomic E-state index is 11.5. The Hall–Kier alpha value is -0.890. The summed E-state index contributed by atoms with van der Waals surface area (Å²) in [6.45, 7) is 4.32. The molecule has 0 fully saturated rings. The topological polar surface area (TPSA) is 70.0 Å². The Labute approximate surface area is 99.9 Å². The van der Waals surface area contributed by atoms with E-state index in [0.29, 0.717) is 19.4 Å². The molecule has 5 heteroatoms. The van der Waals surface area contributed by atoms with Crippen molar-refractivity contribution in [3.05, 3.63) is 0 Å². The smallest absolute Gasteiger partial charge is 0.237 e. The van der Waals surface area contributed by atoms with Gasteiger partial charge in [-0.15, -0.1) is 0 Å². The van der Waals surface area contributed by atoms with Crippen molar-refractivity contribution in [3.8, 4) is 6.07 Å². The summed E-state index contributed by atoms with van der Waals surface area (Å²) in [6.07, 6.45) is 3.75. The van der Waals surface area contributed by atoms with Crippen LogP contribution in [0.3, 0.4) is 0 Å². The predicted octanol–water partition coefficient (Wildman–Crippen LogP) is 1.20. The van der Waals surface area contributed by atoms with E-state index in [9.17, 15) is 9.00 Å². The van der Waals surface area contributed by atoms with E-state index in [2.05, 4.69) is 5.32 Å². The van der Waals surface area contributed by atoms with E-state index >= 15 is 0 Å². The second-order valence-electron chi connectivity index (χ2n) is 3.86. The second-order valence-corrected chi connectivity index (χ2v) is 5.66. The fraction of sp³-hybridized carbons (Fsp3) is 0.818. The molecule has 1 amide bonds. The van der Waals surface area contributed by atoms with Crippen LogP contribution >= 0.6 is 0 Å². The molecule has 0 heterocycles. The van der Waals surface area contributed by atoms with Gasteiger partial charge in [-0.1, -0.05) is 20.3 Å². The summed E-state index contributed by atoms with van der Waals surface area (Å²) < 4.78 is 11.1. The molecular formula is C11H20N2O2S. The van der Waals surface area contributed by atoms with E-state index in [4.69, 9.17) is 5.26 Å². The fourth-order valence-electron chi connectivity index (χ4n) is 1.23. The highest BCUT2D eigenvalue weighted by atomic mass is 32.2. The summed E-state index contributed by atoms with van der Waals surface area (Å²) in [5, 5.41) is 11.5. The summed E-state index contributed by atoms with van der Waals surface area (Å²) in [4.78, 5) is 11.5. The van der Waals surface area contributed by atoms with Crippen LogP contribution in [0.5, 0.6) is 0 Å². The van der Waals surface area contributed by atoms with Crippen LogP contribution in [0.1, 0.15) is 33.1 Å². The summed E-state index contributed by atoms with van der Waals surface area (Å²) in [7, 11) is -0.857. The zero-order valence-electron chi connectivity index (χ0n) is 10.2. The van der Waals surface area contributed by atoms with E-state index in [-0.39, 0.29) is 11.2 Å². The largest absolute Gasteiger partial charge is 0.355 e. The number of nitrogens with zero attached hydrogens (tertiary/aromatic N) is 1. The van der Waals surface area contributed by atoms with Gasteiger partial charge in [-0.2, -0.15) is 5.26 Å². The van der Waals surface area contributed by atoms with E-state index in [1.807, 2.05) is 19.9 Å². The summed E-state index contributed by atoms with van der Waals surface area (Å²) in [6, 6.07) is 1.99. The van der Waals surface area contributed by atoms with Crippen LogP contribution in [0.2, 0.25) is 0 Å². The summed E-state index contributed by atoms with van der Waals surface area (Å²) >= 11 is 0. The first-order valence-electron chi connectivity index (χ1n) is 5.52. The average molecular weight is 244 g/mol. The Morgan fingerprint density at radius 3 is 2.56 bits per heavy atom. The van der Waals surface area contributed by atoms with Gasteiger partial charge in [-0.3, -0.25) is 9.00 Å². The number of amides is 1. The Morgan fingerprint density at radius 2 is 2.12 bits per heavy atom. The van der Waals surface area contributed by atoms with Crippen LogP contribution < -0.4 is 5.32 Å². The Kier molecular flexibility index (Phi) is 7.82. The molecule has 0 saturated carbocycles. The number of nitrogens with one attached hydrogen (secondary N) is 1. The third-order valence-electron chi connectivity index (χ3n) is 2.47. The molecule has 0 radical (unpaired) electrons. The van der Waals surface area contributed by atoms with Gasteiger partial charge in [0, 0.05) is 28.9 Å². The lowest BCUT2D eigenvalue weighted by molar-refractivity contribution is -0.123. The van der Waals surface area contributed by atoms with Crippen molar-refractivity contribution < 1.29 is 9.00 Å². The van der Waals surface area contributed by atoms with E-state index in [1.54, 1.807) is 6.26 Å². The monoisotopic (exact) mass is 244 g/mol. The molecule has 0 aromatic carbocycles. The first-order chi connectivity index (χ1) is 7.52. The van der Waals surface area contributed by atoms with Crippen LogP contribution in [-0.4, -0.2) is 28.2 Å². The minimum atomic E-state index is -0.857. The molecule has 0 bridgehead atoms. The van der Waals surface area contributed by atoms with Gasteiger partial charge in [0.2, 0.25) is 5.91 Å². The Bertz CT molecular complexity index is 286. The molecule has 0 saturated heterocycles. The van der Waals surface area contributed by atoms with Gasteiger partial charge in [0.05, 0.1) is 6.07 Å². The number of carbonyl (C=O) groups is 1. The van der Waals surface area contributed by atoms with Crippen LogP contribution in [0, 0.1) is 17.2 Å². The highest BCUT2D eigenvalue weighted by Crippen LogP contribution is 2.05. The molecule has 4 nitrogen and oxygen atoms in total. The number of rotatable bonds is 7. The lowest BCUT2D eigenvalue weighted by atomic mass is 10.1. The van der Waals surface area contributed by atoms with Crippen molar-refractivity contribution in [2.45, 2.75) is 38.4 Å². The van der Waals surface area contributed by atoms with Gasteiger partial charge in [0.15, 0.2) is 0 Å². The number of carbonyl (C=O) groups excluding carboxylic acids is 1. The molecule has 3 unspecified atom stereocenters. The summed E-state index contributed by atoms with van der Waals surface area (Å²) in [5.41, 5.74) is 0. The molecule has 3 atom stereocenters. The van der Waals surface area contributed by atoms with Gasteiger partial charge >= 0.3 is 0 Å². The lowest BCUT2D eigenvalue weighted by Gasteiger charge is -2.11. The van der Waals surface area contributed by atoms with E-state index in [0.717, 1.165) is 6.42 Å². The molecule has 0 aromatic rings. The Balaban J connectivity index is 3.89. The predicted molar refractivity (Wildman–Crippen MR) is 65.2 cm³/mol. The third-order valence-corrected chi connectivity index (χ3v) is 3.84. The van der Waals surface area contributed by atoms with Crippen molar-refractivity contribution in [2.75, 3.05) is 12.8 Å². The molecular weight excluding hydrogens is 224 g/mol. The molecule has 16 heavy (non-hydrogen) atoms. The van der Waals surface area contributed by atoms with Crippen molar-refractivity contribution >= 4 is 16.7 Å². The SMILES string of the molecule is CCCC(C#N)C(=O)NCCC(C)S(C)=O. The highest BCUT2D eigenvalue weighted by molar-refractivity contribution is 7.84. The minimum absolute atomic E-state index is 0.0759. The zero-order chi connectivity index (χ0) is 12.6. The quantitative estimate of drug-likeness (QED) is 0.731. The molecule has 0 rings (SSSR count). The van der Waals surface area contributed by atoms with E-state index in [1.165, 1.54) is 0 Å². The average Bonchev–Trinajstić information content (AvgIpc) is 2.25. The molecule has 0 aliphatic rings. The fourth-order valence-corrected chi connectivity index (χ4v) is 1.68. The third kappa shape index (κ3) is 5.86. The van der Waals surface area contributed by atoms with Gasteiger partial charge in [-0.05, 0) is 12.8 Å². The lowest BCUT2D eigenvalue weighted by Crippen LogP contribution is -2.32. The molecule has 0 aromatic heterocycles. The first kappa shape index (κ1) is 15.1. The normalized spacial score (nSPS) is 15.9. The van der Waals surface area contributed by atoms with Gasteiger partial charge in [0.1, 0.15) is 5.92 Å². The molecule has 1 N–H and O–H groups in total. The van der Waals surface area contributed by atoms with Crippen molar-refractivity contribution in [2.24, 2.45) is 5.92 Å². The molecule has 0 aliphatic heterocycles. The first-order valence-corrected chi connectivity index (χ1v) is 7.14. The second kappa shape index (κ2) is 8.28. The van der Waals surface area contributed by atoms with Crippen LogP contribution in [0.25, 0.3) is 0 Å². The number of hydrogen-bond donors (Lipinski definition) is 1. The zero-order valence-corrected chi connectivity index (χ0v) is 11.0. The van der Waals surface area contributed by atoms with Gasteiger partial charge < -0.3 is 5.32 Å². The molecule has 92 valence electrons. The van der Waals surface area contributed by atoms with E-state index < -0.39 is 16.7 Å². The van der Waals surface area contributed by atoms with Gasteiger partial charge in [-0.25, -0.2) is 0 Å². The van der Waals surface area contributed by atoms with Gasteiger partial charge in [0.25, 0.3) is 0 Å². The summed E-state index contributed by atoms with van der Waals surface area (Å²) in [5.74, 6) is -0.758. The van der Waals surface area contributed by atoms with Crippen molar-refractivity contribution in [1.82, 2.24) is 5.32 Å². The van der Waals surface area contributed by atoms with Crippen molar-refractivity contribution in [3.63, 3.8) is 0 Å². The van der Waals surface area contributed by atoms with Crippen LogP contribution in [0.15, 0.2) is 0 Å².